The van der Waals surface area contributed by atoms with Crippen LogP contribution in [-0.4, -0.2) is 9.97 Å². The zero-order valence-electron chi connectivity index (χ0n) is 9.53. The number of H-pyrrole nitrogens is 1. The monoisotopic (exact) mass is 243 g/mol. The molecular weight excluding hydrogens is 230 g/mol. The van der Waals surface area contributed by atoms with Crippen LogP contribution in [0.4, 0.5) is 0 Å². The van der Waals surface area contributed by atoms with Gasteiger partial charge in [0.1, 0.15) is 5.82 Å². The number of imidazole rings is 1. The summed E-state index contributed by atoms with van der Waals surface area (Å²) >= 11 is 1.74. The Bertz CT molecular complexity index is 666. The standard InChI is InChI=1S/C13H13N3S/c1-8-5-6-11(17-8)13-15-10-4-2-3-9(7-14)12(10)16-13/h2-6H,7,14H2,1H3,(H,15,16). The van der Waals surface area contributed by atoms with Crippen LogP contribution in [0.15, 0.2) is 30.3 Å². The summed E-state index contributed by atoms with van der Waals surface area (Å²) in [6.45, 7) is 2.62. The van der Waals surface area contributed by atoms with Crippen molar-refractivity contribution >= 4 is 22.4 Å². The lowest BCUT2D eigenvalue weighted by Crippen LogP contribution is -1.96. The zero-order chi connectivity index (χ0) is 11.8. The van der Waals surface area contributed by atoms with E-state index >= 15 is 0 Å². The number of hydrogen-bond donors (Lipinski definition) is 2. The minimum absolute atomic E-state index is 0.519. The third kappa shape index (κ3) is 1.75. The van der Waals surface area contributed by atoms with E-state index in [1.807, 2.05) is 18.2 Å². The van der Waals surface area contributed by atoms with E-state index in [4.69, 9.17) is 5.73 Å². The normalized spacial score (nSPS) is 11.2. The van der Waals surface area contributed by atoms with Crippen LogP contribution < -0.4 is 5.73 Å². The van der Waals surface area contributed by atoms with Crippen LogP contribution in [0.3, 0.4) is 0 Å². The minimum atomic E-state index is 0.519. The summed E-state index contributed by atoms with van der Waals surface area (Å²) in [6.07, 6.45) is 0. The molecule has 0 spiro atoms. The molecule has 0 aliphatic carbocycles. The molecule has 3 N–H and O–H groups in total. The number of nitrogens with zero attached hydrogens (tertiary/aromatic N) is 1. The third-order valence-electron chi connectivity index (χ3n) is 2.79. The molecule has 0 radical (unpaired) electrons. The first kappa shape index (κ1) is 10.5. The van der Waals surface area contributed by atoms with Gasteiger partial charge in [0.2, 0.25) is 0 Å². The van der Waals surface area contributed by atoms with E-state index in [2.05, 4.69) is 29.0 Å². The molecule has 0 atom stereocenters. The van der Waals surface area contributed by atoms with Crippen molar-refractivity contribution in [1.82, 2.24) is 9.97 Å². The van der Waals surface area contributed by atoms with E-state index in [0.29, 0.717) is 6.54 Å². The molecule has 1 aromatic carbocycles. The fourth-order valence-electron chi connectivity index (χ4n) is 1.93. The van der Waals surface area contributed by atoms with E-state index in [0.717, 1.165) is 22.4 Å². The molecule has 0 saturated heterocycles. The summed E-state index contributed by atoms with van der Waals surface area (Å²) in [4.78, 5) is 10.4. The van der Waals surface area contributed by atoms with Crippen molar-refractivity contribution in [3.05, 3.63) is 40.8 Å². The van der Waals surface area contributed by atoms with Crippen molar-refractivity contribution in [1.29, 1.82) is 0 Å². The van der Waals surface area contributed by atoms with Crippen LogP contribution in [0.5, 0.6) is 0 Å². The lowest BCUT2D eigenvalue weighted by molar-refractivity contribution is 1.08. The van der Waals surface area contributed by atoms with Gasteiger partial charge in [-0.25, -0.2) is 4.98 Å². The van der Waals surface area contributed by atoms with Crippen LogP contribution >= 0.6 is 11.3 Å². The number of aryl methyl sites for hydroxylation is 1. The van der Waals surface area contributed by atoms with E-state index < -0.39 is 0 Å². The smallest absolute Gasteiger partial charge is 0.148 e. The first-order chi connectivity index (χ1) is 8.28. The average molecular weight is 243 g/mol. The average Bonchev–Trinajstić information content (AvgIpc) is 2.93. The SMILES string of the molecule is Cc1ccc(-c2nc3c(CN)cccc3[nH]2)s1. The molecular formula is C13H13N3S. The third-order valence-corrected chi connectivity index (χ3v) is 3.80. The number of thiophene rings is 1. The van der Waals surface area contributed by atoms with Gasteiger partial charge in [-0.1, -0.05) is 12.1 Å². The topological polar surface area (TPSA) is 54.7 Å². The first-order valence-electron chi connectivity index (χ1n) is 5.52. The van der Waals surface area contributed by atoms with Gasteiger partial charge in [0.25, 0.3) is 0 Å². The van der Waals surface area contributed by atoms with Crippen LogP contribution in [-0.2, 0) is 6.54 Å². The van der Waals surface area contributed by atoms with Crippen LogP contribution in [0.1, 0.15) is 10.4 Å². The van der Waals surface area contributed by atoms with Crippen LogP contribution in [0.2, 0.25) is 0 Å². The van der Waals surface area contributed by atoms with E-state index in [9.17, 15) is 0 Å². The quantitative estimate of drug-likeness (QED) is 0.726. The molecule has 0 fully saturated rings. The maximum Gasteiger partial charge on any atom is 0.148 e. The number of benzene rings is 1. The highest BCUT2D eigenvalue weighted by Crippen LogP contribution is 2.28. The molecule has 0 aliphatic heterocycles. The predicted octanol–water partition coefficient (Wildman–Crippen LogP) is 3.06. The number of para-hydroxylation sites is 1. The molecule has 17 heavy (non-hydrogen) atoms. The number of nitrogens with one attached hydrogen (secondary N) is 1. The van der Waals surface area contributed by atoms with Crippen molar-refractivity contribution in [3.8, 4) is 10.7 Å². The fourth-order valence-corrected chi connectivity index (χ4v) is 2.75. The van der Waals surface area contributed by atoms with Gasteiger partial charge < -0.3 is 10.7 Å². The highest BCUT2D eigenvalue weighted by molar-refractivity contribution is 7.15. The predicted molar refractivity (Wildman–Crippen MR) is 72.0 cm³/mol. The fraction of sp³-hybridized carbons (Fsp3) is 0.154. The van der Waals surface area contributed by atoms with Crippen molar-refractivity contribution in [3.63, 3.8) is 0 Å². The Balaban J connectivity index is 2.19. The van der Waals surface area contributed by atoms with Gasteiger partial charge >= 0.3 is 0 Å². The second-order valence-corrected chi connectivity index (χ2v) is 5.30. The Morgan fingerprint density at radius 1 is 1.29 bits per heavy atom. The molecule has 0 bridgehead atoms. The molecule has 0 amide bonds. The Morgan fingerprint density at radius 2 is 2.18 bits per heavy atom. The molecule has 4 heteroatoms. The summed E-state index contributed by atoms with van der Waals surface area (Å²) < 4.78 is 0. The van der Waals surface area contributed by atoms with Gasteiger partial charge in [0, 0.05) is 11.4 Å². The van der Waals surface area contributed by atoms with Crippen LogP contribution in [0, 0.1) is 6.92 Å². The minimum Gasteiger partial charge on any atom is -0.337 e. The van der Waals surface area contributed by atoms with Crippen molar-refractivity contribution in [2.24, 2.45) is 5.73 Å². The molecule has 0 unspecified atom stereocenters. The van der Waals surface area contributed by atoms with E-state index in [-0.39, 0.29) is 0 Å². The van der Waals surface area contributed by atoms with Gasteiger partial charge in [-0.15, -0.1) is 11.3 Å². The maximum atomic E-state index is 5.72. The number of aromatic amines is 1. The van der Waals surface area contributed by atoms with Gasteiger partial charge in [0.15, 0.2) is 0 Å². The largest absolute Gasteiger partial charge is 0.337 e. The molecule has 0 saturated carbocycles. The number of fused-ring (bicyclic) bond motifs is 1. The van der Waals surface area contributed by atoms with Crippen molar-refractivity contribution in [2.75, 3.05) is 0 Å². The van der Waals surface area contributed by atoms with Gasteiger partial charge in [-0.2, -0.15) is 0 Å². The van der Waals surface area contributed by atoms with E-state index in [1.165, 1.54) is 9.75 Å². The van der Waals surface area contributed by atoms with Gasteiger partial charge in [0.05, 0.1) is 15.9 Å². The molecule has 86 valence electrons. The maximum absolute atomic E-state index is 5.72. The summed E-state index contributed by atoms with van der Waals surface area (Å²) in [6, 6.07) is 10.3. The van der Waals surface area contributed by atoms with E-state index in [1.54, 1.807) is 11.3 Å². The Hall–Kier alpha value is -1.65. The van der Waals surface area contributed by atoms with Gasteiger partial charge in [-0.3, -0.25) is 0 Å². The number of hydrogen-bond acceptors (Lipinski definition) is 3. The first-order valence-corrected chi connectivity index (χ1v) is 6.34. The molecule has 3 nitrogen and oxygen atoms in total. The van der Waals surface area contributed by atoms with Crippen molar-refractivity contribution in [2.45, 2.75) is 13.5 Å². The molecule has 2 heterocycles. The second-order valence-electron chi connectivity index (χ2n) is 4.01. The van der Waals surface area contributed by atoms with Crippen LogP contribution in [0.25, 0.3) is 21.7 Å². The highest BCUT2D eigenvalue weighted by atomic mass is 32.1. The van der Waals surface area contributed by atoms with Crippen molar-refractivity contribution < 1.29 is 0 Å². The highest BCUT2D eigenvalue weighted by Gasteiger charge is 2.09. The molecule has 2 aromatic heterocycles. The number of rotatable bonds is 2. The Morgan fingerprint density at radius 3 is 2.88 bits per heavy atom. The summed E-state index contributed by atoms with van der Waals surface area (Å²) in [5.41, 5.74) is 8.83. The molecule has 3 aromatic rings. The number of nitrogens with two attached hydrogens (primary N) is 1. The second kappa shape index (κ2) is 3.98. The lowest BCUT2D eigenvalue weighted by atomic mass is 10.2. The molecule has 3 rings (SSSR count). The Kier molecular flexibility index (Phi) is 2.46. The zero-order valence-corrected chi connectivity index (χ0v) is 10.3. The summed E-state index contributed by atoms with van der Waals surface area (Å²) in [7, 11) is 0. The summed E-state index contributed by atoms with van der Waals surface area (Å²) in [5, 5.41) is 0. The lowest BCUT2D eigenvalue weighted by Gasteiger charge is -1.95. The van der Waals surface area contributed by atoms with Gasteiger partial charge in [-0.05, 0) is 30.7 Å². The summed E-state index contributed by atoms with van der Waals surface area (Å²) in [5.74, 6) is 0.930. The Labute approximate surface area is 103 Å². The molecule has 0 aliphatic rings. The number of aromatic nitrogens is 2.